The molecule has 2 saturated heterocycles. The highest BCUT2D eigenvalue weighted by atomic mass is 79.9. The molecule has 2 aliphatic heterocycles. The molecule has 2 aliphatic rings. The summed E-state index contributed by atoms with van der Waals surface area (Å²) >= 11 is 4.78. The zero-order valence-corrected chi connectivity index (χ0v) is 52.9. The largest absolute Gasteiger partial charge is 0.463 e. The number of aryl methyl sites for hydroxylation is 1. The van der Waals surface area contributed by atoms with E-state index in [9.17, 15) is 28.8 Å². The molecule has 6 aromatic rings. The number of carbonyl (C=O) groups excluding carboxylic acids is 6. The topological polar surface area (TPSA) is 189 Å². The second kappa shape index (κ2) is 30.3. The Morgan fingerprint density at radius 1 is 0.581 bits per heavy atom. The number of imide groups is 1. The van der Waals surface area contributed by atoms with Gasteiger partial charge in [0.05, 0.1) is 31.8 Å². The van der Waals surface area contributed by atoms with Gasteiger partial charge < -0.3 is 47.1 Å². The van der Waals surface area contributed by atoms with Gasteiger partial charge in [0.15, 0.2) is 18.5 Å². The predicted octanol–water partition coefficient (Wildman–Crippen LogP) is 10.3. The molecule has 19 heteroatoms. The number of nitrogens with zero attached hydrogens (tertiary/aromatic N) is 1. The van der Waals surface area contributed by atoms with Crippen molar-refractivity contribution in [2.45, 2.75) is 152 Å². The smallest absolute Gasteiger partial charge is 0.338 e. The van der Waals surface area contributed by atoms with Gasteiger partial charge in [-0.1, -0.05) is 187 Å². The molecule has 86 heavy (non-hydrogen) atoms. The van der Waals surface area contributed by atoms with Gasteiger partial charge in [0.25, 0.3) is 8.32 Å². The van der Waals surface area contributed by atoms with Crippen molar-refractivity contribution < 1.29 is 71.1 Å². The highest BCUT2D eigenvalue weighted by molar-refractivity contribution is 9.10. The molecule has 8 rings (SSSR count). The maximum atomic E-state index is 14.5. The molecule has 0 bridgehead atoms. The summed E-state index contributed by atoms with van der Waals surface area (Å²) < 4.78 is 63.0. The molecule has 2 amide bonds. The summed E-state index contributed by atoms with van der Waals surface area (Å²) in [5, 5.41) is 1.29. The maximum absolute atomic E-state index is 14.5. The fourth-order valence-electron chi connectivity index (χ4n) is 10.8. The Balaban J connectivity index is 1.34. The number of benzene rings is 6. The quantitative estimate of drug-likeness (QED) is 0.0316. The van der Waals surface area contributed by atoms with Crippen LogP contribution in [0.1, 0.15) is 88.4 Å². The SMILES string of the molecule is CC(=O)CCC(=O)O[C@H]1[C@H](OCc2ccc(Br)cc2)[C@@H](N(C(C)=O)C(C)=O)[C@@H](O[C@H]2[C@H](OCc3ccccc3)[C@@H](OC(=O)c3ccccc3)[C@H](Sc3ccc(C)cc3)O[C@H]2COC(C)=O)O[C@@H]1CO[Si](c1ccccc1)(c1ccccc1)C(C)(C)C. The normalized spacial score (nSPS) is 22.2. The Hall–Kier alpha value is -6.65. The van der Waals surface area contributed by atoms with Crippen LogP contribution in [0.4, 0.5) is 0 Å². The van der Waals surface area contributed by atoms with E-state index in [1.54, 1.807) is 30.3 Å². The van der Waals surface area contributed by atoms with Crippen LogP contribution in [-0.4, -0.2) is 122 Å². The maximum Gasteiger partial charge on any atom is 0.338 e. The van der Waals surface area contributed by atoms with Gasteiger partial charge in [-0.25, -0.2) is 4.79 Å². The molecule has 454 valence electrons. The lowest BCUT2D eigenvalue weighted by atomic mass is 9.93. The molecule has 0 N–H and O–H groups in total. The van der Waals surface area contributed by atoms with Gasteiger partial charge in [-0.3, -0.25) is 24.1 Å². The average Bonchev–Trinajstić information content (AvgIpc) is 1.07. The summed E-state index contributed by atoms with van der Waals surface area (Å²) in [5.74, 6) is -3.86. The van der Waals surface area contributed by atoms with Crippen molar-refractivity contribution >= 4 is 81.9 Å². The van der Waals surface area contributed by atoms with Crippen LogP contribution >= 0.6 is 27.7 Å². The second-order valence-corrected chi connectivity index (χ2v) is 28.7. The zero-order chi connectivity index (χ0) is 61.5. The molecule has 0 aromatic heterocycles. The zero-order valence-electron chi connectivity index (χ0n) is 49.5. The van der Waals surface area contributed by atoms with Crippen molar-refractivity contribution in [1.29, 1.82) is 0 Å². The summed E-state index contributed by atoms with van der Waals surface area (Å²) in [5.41, 5.74) is 1.61. The van der Waals surface area contributed by atoms with E-state index in [0.29, 0.717) is 5.56 Å². The van der Waals surface area contributed by atoms with Crippen molar-refractivity contribution in [1.82, 2.24) is 4.90 Å². The van der Waals surface area contributed by atoms with Gasteiger partial charge in [-0.05, 0) is 76.8 Å². The number of Topliss-reactive ketones (excluding diaryl/α,β-unsaturated/α-hetero) is 1. The fraction of sp³-hybridized carbons (Fsp3) is 0.373. The first-order valence-corrected chi connectivity index (χ1v) is 32.2. The monoisotopic (exact) mass is 1270 g/mol. The predicted molar refractivity (Wildman–Crippen MR) is 330 cm³/mol. The average molecular weight is 1270 g/mol. The highest BCUT2D eigenvalue weighted by Crippen LogP contribution is 2.42. The first-order chi connectivity index (χ1) is 41.2. The number of rotatable bonds is 24. The van der Waals surface area contributed by atoms with Crippen LogP contribution in [0.3, 0.4) is 0 Å². The van der Waals surface area contributed by atoms with Gasteiger partial charge in [-0.15, -0.1) is 0 Å². The van der Waals surface area contributed by atoms with E-state index in [4.69, 9.17) is 42.3 Å². The third-order valence-electron chi connectivity index (χ3n) is 14.9. The number of hydrogen-bond donors (Lipinski definition) is 0. The molecule has 0 spiro atoms. The third-order valence-corrected chi connectivity index (χ3v) is 21.6. The lowest BCUT2D eigenvalue weighted by molar-refractivity contribution is -0.333. The molecule has 0 aliphatic carbocycles. The minimum atomic E-state index is -3.46. The van der Waals surface area contributed by atoms with Crippen LogP contribution in [0, 0.1) is 6.92 Å². The van der Waals surface area contributed by atoms with Crippen molar-refractivity contribution in [2.24, 2.45) is 0 Å². The van der Waals surface area contributed by atoms with Crippen LogP contribution in [0.2, 0.25) is 5.04 Å². The molecule has 0 radical (unpaired) electrons. The van der Waals surface area contributed by atoms with Crippen LogP contribution in [0.25, 0.3) is 0 Å². The number of esters is 3. The number of ketones is 1. The Morgan fingerprint density at radius 3 is 1.66 bits per heavy atom. The van der Waals surface area contributed by atoms with Crippen molar-refractivity contribution in [3.8, 4) is 0 Å². The minimum absolute atomic E-state index is 0.0545. The lowest BCUT2D eigenvalue weighted by Crippen LogP contribution is -2.71. The van der Waals surface area contributed by atoms with E-state index in [-0.39, 0.29) is 44.0 Å². The lowest BCUT2D eigenvalue weighted by Gasteiger charge is -2.52. The van der Waals surface area contributed by atoms with E-state index < -0.39 is 110 Å². The summed E-state index contributed by atoms with van der Waals surface area (Å²) in [4.78, 5) is 84.7. The summed E-state index contributed by atoms with van der Waals surface area (Å²) in [6, 6.07) is 51.0. The van der Waals surface area contributed by atoms with Crippen molar-refractivity contribution in [2.75, 3.05) is 13.2 Å². The molecule has 0 unspecified atom stereocenters. The Morgan fingerprint density at radius 2 is 1.12 bits per heavy atom. The molecule has 10 atom stereocenters. The molecule has 0 saturated carbocycles. The van der Waals surface area contributed by atoms with Crippen molar-refractivity contribution in [3.63, 3.8) is 0 Å². The highest BCUT2D eigenvalue weighted by Gasteiger charge is 2.59. The van der Waals surface area contributed by atoms with Gasteiger partial charge in [0.2, 0.25) is 11.8 Å². The Labute approximate surface area is 516 Å². The Kier molecular flexibility index (Phi) is 23.0. The van der Waals surface area contributed by atoms with Gasteiger partial charge in [0, 0.05) is 36.6 Å². The molecular weight excluding hydrogens is 1200 g/mol. The van der Waals surface area contributed by atoms with Crippen LogP contribution in [0.5, 0.6) is 0 Å². The van der Waals surface area contributed by atoms with E-state index in [1.807, 2.05) is 146 Å². The summed E-state index contributed by atoms with van der Waals surface area (Å²) in [6.07, 6.45) is -11.7. The van der Waals surface area contributed by atoms with E-state index in [1.165, 1.54) is 39.5 Å². The minimum Gasteiger partial charge on any atom is -0.463 e. The first-order valence-electron chi connectivity index (χ1n) is 28.6. The number of thioether (sulfide) groups is 1. The first kappa shape index (κ1) is 65.3. The van der Waals surface area contributed by atoms with E-state index in [2.05, 4.69) is 36.7 Å². The van der Waals surface area contributed by atoms with Crippen molar-refractivity contribution in [3.05, 3.63) is 197 Å². The fourth-order valence-corrected chi connectivity index (χ4v) is 16.8. The third kappa shape index (κ3) is 16.7. The number of amides is 2. The number of hydrogen-bond acceptors (Lipinski definition) is 16. The van der Waals surface area contributed by atoms with E-state index in [0.717, 1.165) is 35.8 Å². The van der Waals surface area contributed by atoms with Gasteiger partial charge in [0.1, 0.15) is 54.4 Å². The molecule has 16 nitrogen and oxygen atoms in total. The molecule has 2 heterocycles. The standard InChI is InChI=1S/C67H74BrNO15SSi/c1-43-29-36-52(37-30-43)85-66-63(83-64(75)50-23-15-10-16-24-50)62(78-39-48-21-13-9-14-22-48)60(55(81-66)41-76-47(5)73)84-65-58(69(45(3)71)46(4)72)61(77-40-49-32-34-51(68)35-33-49)59(82-57(74)38-31-44(2)70)56(80-65)42-79-86(67(6,7)8,53-25-17-11-18-26-53)54-27-19-12-20-28-54/h9-30,32-37,55-56,58-63,65-66H,31,38-42H2,1-8H3/t55-,56+,58+,59+,60+,61+,62-,63+,65+,66-/m0/s1. The second-order valence-electron chi connectivity index (χ2n) is 22.3. The number of ether oxygens (including phenoxy) is 8. The van der Waals surface area contributed by atoms with Crippen LogP contribution < -0.4 is 10.4 Å². The summed E-state index contributed by atoms with van der Waals surface area (Å²) in [6.45, 7) is 12.4. The van der Waals surface area contributed by atoms with Gasteiger partial charge in [-0.2, -0.15) is 0 Å². The van der Waals surface area contributed by atoms with E-state index >= 15 is 0 Å². The molecule has 6 aromatic carbocycles. The molecule has 2 fully saturated rings. The number of halogens is 1. The van der Waals surface area contributed by atoms with Gasteiger partial charge >= 0.3 is 17.9 Å². The summed E-state index contributed by atoms with van der Waals surface area (Å²) in [7, 11) is -3.46. The number of carbonyl (C=O) groups is 6. The Bertz CT molecular complexity index is 3160. The van der Waals surface area contributed by atoms with Crippen LogP contribution in [-0.2, 0) is 79.5 Å². The van der Waals surface area contributed by atoms with Crippen LogP contribution in [0.15, 0.2) is 179 Å². The molecular formula is C67H74BrNO15SSi.